The van der Waals surface area contributed by atoms with Crippen molar-refractivity contribution in [3.8, 4) is 0 Å². The van der Waals surface area contributed by atoms with E-state index in [4.69, 9.17) is 0 Å². The van der Waals surface area contributed by atoms with Gasteiger partial charge < -0.3 is 0 Å². The molecule has 0 aromatic rings. The maximum Gasteiger partial charge on any atom is 0.135 e. The van der Waals surface area contributed by atoms with Gasteiger partial charge in [0.2, 0.25) is 0 Å². The van der Waals surface area contributed by atoms with Gasteiger partial charge in [0.25, 0.3) is 0 Å². The molecule has 2 aliphatic rings. The highest BCUT2D eigenvalue weighted by molar-refractivity contribution is 5.81. The van der Waals surface area contributed by atoms with Gasteiger partial charge in [0, 0.05) is 12.3 Å². The maximum absolute atomic E-state index is 12.2. The van der Waals surface area contributed by atoms with E-state index in [1.807, 2.05) is 0 Å². The molecule has 2 rings (SSSR count). The Kier molecular flexibility index (Phi) is 4.64. The monoisotopic (exact) mass is 236 g/mol. The van der Waals surface area contributed by atoms with Gasteiger partial charge in [0.05, 0.1) is 0 Å². The van der Waals surface area contributed by atoms with Crippen LogP contribution in [0, 0.1) is 23.7 Å². The largest absolute Gasteiger partial charge is 0.299 e. The Bertz CT molecular complexity index is 252. The first kappa shape index (κ1) is 13.1. The Morgan fingerprint density at radius 3 is 2.35 bits per heavy atom. The van der Waals surface area contributed by atoms with Crippen LogP contribution in [0.4, 0.5) is 0 Å². The van der Waals surface area contributed by atoms with Crippen molar-refractivity contribution in [1.82, 2.24) is 0 Å². The molecule has 0 N–H and O–H groups in total. The minimum absolute atomic E-state index is 0.405. The molecule has 0 radical (unpaired) electrons. The van der Waals surface area contributed by atoms with E-state index in [2.05, 4.69) is 13.8 Å². The molecule has 2 fully saturated rings. The molecular formula is C16H28O. The number of hydrogen-bond donors (Lipinski definition) is 0. The molecule has 0 amide bonds. The van der Waals surface area contributed by atoms with E-state index >= 15 is 0 Å². The van der Waals surface area contributed by atoms with E-state index in [9.17, 15) is 4.79 Å². The second-order valence-electron chi connectivity index (χ2n) is 6.62. The van der Waals surface area contributed by atoms with Crippen LogP contribution in [0.25, 0.3) is 0 Å². The van der Waals surface area contributed by atoms with Crippen molar-refractivity contribution >= 4 is 5.78 Å². The second kappa shape index (κ2) is 6.02. The summed E-state index contributed by atoms with van der Waals surface area (Å²) in [6.07, 6.45) is 11.2. The van der Waals surface area contributed by atoms with Crippen LogP contribution in [-0.2, 0) is 4.79 Å². The SMILES string of the molecule is CC1CCC(C(=O)CCC2CCCC2)CC1C. The molecule has 1 nitrogen and oxygen atoms in total. The van der Waals surface area contributed by atoms with Crippen molar-refractivity contribution in [3.05, 3.63) is 0 Å². The molecule has 0 aromatic heterocycles. The Hall–Kier alpha value is -0.330. The van der Waals surface area contributed by atoms with Gasteiger partial charge in [-0.15, -0.1) is 0 Å². The third-order valence-electron chi connectivity index (χ3n) is 5.33. The highest BCUT2D eigenvalue weighted by atomic mass is 16.1. The van der Waals surface area contributed by atoms with E-state index in [0.29, 0.717) is 11.7 Å². The summed E-state index contributed by atoms with van der Waals surface area (Å²) >= 11 is 0. The topological polar surface area (TPSA) is 17.1 Å². The molecule has 0 spiro atoms. The minimum atomic E-state index is 0.405. The van der Waals surface area contributed by atoms with Crippen molar-refractivity contribution in [2.24, 2.45) is 23.7 Å². The molecule has 0 aliphatic heterocycles. The average Bonchev–Trinajstić information content (AvgIpc) is 2.82. The molecule has 0 bridgehead atoms. The summed E-state index contributed by atoms with van der Waals surface area (Å²) in [6.45, 7) is 4.66. The number of Topliss-reactive ketones (excluding diaryl/α,β-unsaturated/α-hetero) is 1. The highest BCUT2D eigenvalue weighted by Crippen LogP contribution is 2.35. The van der Waals surface area contributed by atoms with Gasteiger partial charge in [0.1, 0.15) is 5.78 Å². The lowest BCUT2D eigenvalue weighted by Crippen LogP contribution is -2.26. The first-order valence-corrected chi connectivity index (χ1v) is 7.69. The normalized spacial score (nSPS) is 35.1. The van der Waals surface area contributed by atoms with Crippen molar-refractivity contribution < 1.29 is 4.79 Å². The van der Waals surface area contributed by atoms with Crippen molar-refractivity contribution in [1.29, 1.82) is 0 Å². The summed E-state index contributed by atoms with van der Waals surface area (Å²) in [5, 5.41) is 0. The molecule has 2 aliphatic carbocycles. The van der Waals surface area contributed by atoms with Crippen LogP contribution >= 0.6 is 0 Å². The van der Waals surface area contributed by atoms with E-state index in [1.165, 1.54) is 38.5 Å². The molecule has 1 heteroatoms. The Morgan fingerprint density at radius 2 is 1.71 bits per heavy atom. The molecule has 3 atom stereocenters. The predicted octanol–water partition coefficient (Wildman–Crippen LogP) is 4.60. The maximum atomic E-state index is 12.2. The lowest BCUT2D eigenvalue weighted by Gasteiger charge is -2.31. The quantitative estimate of drug-likeness (QED) is 0.697. The number of carbonyl (C=O) groups is 1. The van der Waals surface area contributed by atoms with Crippen molar-refractivity contribution in [2.75, 3.05) is 0 Å². The number of hydrogen-bond acceptors (Lipinski definition) is 1. The summed E-state index contributed by atoms with van der Waals surface area (Å²) in [6, 6.07) is 0. The zero-order valence-electron chi connectivity index (χ0n) is 11.6. The smallest absolute Gasteiger partial charge is 0.135 e. The Balaban J connectivity index is 1.72. The Morgan fingerprint density at radius 1 is 1.00 bits per heavy atom. The van der Waals surface area contributed by atoms with Crippen LogP contribution in [0.5, 0.6) is 0 Å². The van der Waals surface area contributed by atoms with Crippen LogP contribution < -0.4 is 0 Å². The fourth-order valence-electron chi connectivity index (χ4n) is 3.69. The van der Waals surface area contributed by atoms with Crippen LogP contribution in [-0.4, -0.2) is 5.78 Å². The van der Waals surface area contributed by atoms with Gasteiger partial charge in [-0.05, 0) is 43.4 Å². The third kappa shape index (κ3) is 3.56. The van der Waals surface area contributed by atoms with Crippen LogP contribution in [0.2, 0.25) is 0 Å². The summed E-state index contributed by atoms with van der Waals surface area (Å²) in [4.78, 5) is 12.2. The number of rotatable bonds is 4. The van der Waals surface area contributed by atoms with E-state index in [0.717, 1.165) is 37.0 Å². The fraction of sp³-hybridized carbons (Fsp3) is 0.938. The fourth-order valence-corrected chi connectivity index (χ4v) is 3.69. The first-order valence-electron chi connectivity index (χ1n) is 7.69. The Labute approximate surface area is 106 Å². The minimum Gasteiger partial charge on any atom is -0.299 e. The third-order valence-corrected chi connectivity index (χ3v) is 5.33. The molecule has 0 saturated heterocycles. The molecule has 3 unspecified atom stereocenters. The highest BCUT2D eigenvalue weighted by Gasteiger charge is 2.29. The standard InChI is InChI=1S/C16H28O/c1-12-7-9-15(11-13(12)2)16(17)10-8-14-5-3-4-6-14/h12-15H,3-11H2,1-2H3. The summed E-state index contributed by atoms with van der Waals surface area (Å²) in [5.41, 5.74) is 0. The number of carbonyl (C=O) groups excluding carboxylic acids is 1. The molecule has 0 aromatic carbocycles. The number of ketones is 1. The summed E-state index contributed by atoms with van der Waals surface area (Å²) in [5.74, 6) is 3.44. The summed E-state index contributed by atoms with van der Waals surface area (Å²) < 4.78 is 0. The van der Waals surface area contributed by atoms with Gasteiger partial charge >= 0.3 is 0 Å². The van der Waals surface area contributed by atoms with E-state index in [1.54, 1.807) is 0 Å². The van der Waals surface area contributed by atoms with Gasteiger partial charge in [-0.3, -0.25) is 4.79 Å². The molecule has 98 valence electrons. The van der Waals surface area contributed by atoms with Gasteiger partial charge in [-0.1, -0.05) is 39.5 Å². The van der Waals surface area contributed by atoms with Crippen LogP contribution in [0.3, 0.4) is 0 Å². The van der Waals surface area contributed by atoms with Gasteiger partial charge in [0.15, 0.2) is 0 Å². The van der Waals surface area contributed by atoms with Crippen LogP contribution in [0.15, 0.2) is 0 Å². The van der Waals surface area contributed by atoms with E-state index < -0.39 is 0 Å². The van der Waals surface area contributed by atoms with Crippen LogP contribution in [0.1, 0.15) is 71.6 Å². The first-order chi connectivity index (χ1) is 8.16. The van der Waals surface area contributed by atoms with Crippen molar-refractivity contribution in [3.63, 3.8) is 0 Å². The van der Waals surface area contributed by atoms with Crippen molar-refractivity contribution in [2.45, 2.75) is 71.6 Å². The molecule has 0 heterocycles. The van der Waals surface area contributed by atoms with Gasteiger partial charge in [-0.2, -0.15) is 0 Å². The zero-order chi connectivity index (χ0) is 12.3. The zero-order valence-corrected chi connectivity index (χ0v) is 11.6. The van der Waals surface area contributed by atoms with E-state index in [-0.39, 0.29) is 0 Å². The predicted molar refractivity (Wildman–Crippen MR) is 71.9 cm³/mol. The lowest BCUT2D eigenvalue weighted by molar-refractivity contribution is -0.124. The summed E-state index contributed by atoms with van der Waals surface area (Å²) in [7, 11) is 0. The van der Waals surface area contributed by atoms with Gasteiger partial charge in [-0.25, -0.2) is 0 Å². The molecule has 2 saturated carbocycles. The lowest BCUT2D eigenvalue weighted by atomic mass is 9.73. The molecular weight excluding hydrogens is 208 g/mol. The molecule has 17 heavy (non-hydrogen) atoms. The average molecular weight is 236 g/mol. The second-order valence-corrected chi connectivity index (χ2v) is 6.62.